The van der Waals surface area contributed by atoms with E-state index in [2.05, 4.69) is 5.32 Å². The molecule has 2 fully saturated rings. The van der Waals surface area contributed by atoms with Gasteiger partial charge in [0.25, 0.3) is 5.91 Å². The monoisotopic (exact) mass is 391 g/mol. The molecule has 4 rings (SSSR count). The summed E-state index contributed by atoms with van der Waals surface area (Å²) in [6.45, 7) is -0.387. The van der Waals surface area contributed by atoms with Gasteiger partial charge in [-0.25, -0.2) is 13.2 Å². The van der Waals surface area contributed by atoms with Gasteiger partial charge in [0.05, 0.1) is 11.5 Å². The van der Waals surface area contributed by atoms with Gasteiger partial charge in [-0.3, -0.25) is 14.5 Å². The quantitative estimate of drug-likeness (QED) is 0.732. The fraction of sp³-hybridized carbons (Fsp3) is 0.500. The van der Waals surface area contributed by atoms with Gasteiger partial charge in [0, 0.05) is 13.1 Å². The summed E-state index contributed by atoms with van der Waals surface area (Å²) >= 11 is 0. The van der Waals surface area contributed by atoms with E-state index in [0.29, 0.717) is 19.3 Å². The number of aryl methyl sites for hydroxylation is 1. The van der Waals surface area contributed by atoms with Crippen LogP contribution in [0.3, 0.4) is 0 Å². The predicted molar refractivity (Wildman–Crippen MR) is 96.5 cm³/mol. The second-order valence-electron chi connectivity index (χ2n) is 7.45. The van der Waals surface area contributed by atoms with Crippen molar-refractivity contribution in [2.75, 3.05) is 25.1 Å². The fourth-order valence-corrected chi connectivity index (χ4v) is 6.04. The Kier molecular flexibility index (Phi) is 4.03. The lowest BCUT2D eigenvalue weighted by atomic mass is 9.92. The first-order chi connectivity index (χ1) is 12.7. The highest BCUT2D eigenvalue weighted by atomic mass is 32.2. The number of likely N-dealkylation sites (N-methyl/N-ethyl adjacent to an activating group) is 1. The number of hydrogen-bond donors (Lipinski definition) is 1. The number of hydrogen-bond acceptors (Lipinski definition) is 5. The van der Waals surface area contributed by atoms with E-state index in [-0.39, 0.29) is 18.1 Å². The molecular formula is C18H21N3O5S. The van der Waals surface area contributed by atoms with Crippen molar-refractivity contribution in [1.82, 2.24) is 15.1 Å². The molecule has 9 heteroatoms. The molecule has 1 aliphatic carbocycles. The number of benzene rings is 1. The van der Waals surface area contributed by atoms with Crippen molar-refractivity contribution in [2.45, 2.75) is 30.8 Å². The normalized spacial score (nSPS) is 28.5. The first kappa shape index (κ1) is 18.0. The zero-order valence-corrected chi connectivity index (χ0v) is 15.8. The van der Waals surface area contributed by atoms with Crippen LogP contribution in [-0.4, -0.2) is 67.2 Å². The van der Waals surface area contributed by atoms with E-state index in [1.165, 1.54) is 11.9 Å². The highest BCUT2D eigenvalue weighted by Crippen LogP contribution is 2.41. The molecule has 3 aliphatic rings. The summed E-state index contributed by atoms with van der Waals surface area (Å²) in [7, 11) is -1.61. The van der Waals surface area contributed by atoms with Crippen molar-refractivity contribution in [2.24, 2.45) is 0 Å². The molecular weight excluding hydrogens is 370 g/mol. The van der Waals surface area contributed by atoms with Crippen molar-refractivity contribution in [3.63, 3.8) is 0 Å². The lowest BCUT2D eigenvalue weighted by molar-refractivity contribution is -0.139. The molecule has 0 saturated carbocycles. The summed E-state index contributed by atoms with van der Waals surface area (Å²) < 4.78 is 23.3. The van der Waals surface area contributed by atoms with E-state index in [9.17, 15) is 22.8 Å². The molecule has 2 saturated heterocycles. The Hall–Kier alpha value is -2.42. The molecule has 2 atom stereocenters. The molecule has 1 aromatic rings. The third kappa shape index (κ3) is 2.80. The molecule has 0 unspecified atom stereocenters. The number of fused-ring (bicyclic) bond motifs is 2. The number of imide groups is 1. The number of nitrogens with one attached hydrogen (secondary N) is 1. The molecule has 2 heterocycles. The summed E-state index contributed by atoms with van der Waals surface area (Å²) in [6, 6.07) is 6.49. The topological polar surface area (TPSA) is 104 Å². The second kappa shape index (κ2) is 6.05. The Balaban J connectivity index is 1.51. The standard InChI is InChI=1S/C18H21N3O5S/c1-20(13-7-9-27(25,26)11-13)15(22)10-21-16(23)18(19-17(21)24)8-6-12-4-2-3-5-14(12)18/h2-5,13H,6-11H2,1H3,(H,19,24)/t13-,18-/m1/s1. The summed E-state index contributed by atoms with van der Waals surface area (Å²) in [4.78, 5) is 40.4. The number of urea groups is 1. The highest BCUT2D eigenvalue weighted by molar-refractivity contribution is 7.91. The minimum Gasteiger partial charge on any atom is -0.340 e. The van der Waals surface area contributed by atoms with Crippen molar-refractivity contribution in [1.29, 1.82) is 0 Å². The Morgan fingerprint density at radius 1 is 1.33 bits per heavy atom. The van der Waals surface area contributed by atoms with E-state index < -0.39 is 39.3 Å². The van der Waals surface area contributed by atoms with Crippen molar-refractivity contribution < 1.29 is 22.8 Å². The van der Waals surface area contributed by atoms with Crippen LogP contribution >= 0.6 is 0 Å². The van der Waals surface area contributed by atoms with Gasteiger partial charge < -0.3 is 10.2 Å². The van der Waals surface area contributed by atoms with Crippen LogP contribution < -0.4 is 5.32 Å². The van der Waals surface area contributed by atoms with Crippen LogP contribution in [0.15, 0.2) is 24.3 Å². The van der Waals surface area contributed by atoms with Crippen LogP contribution in [0.4, 0.5) is 4.79 Å². The van der Waals surface area contributed by atoms with E-state index in [0.717, 1.165) is 16.0 Å². The number of sulfone groups is 1. The van der Waals surface area contributed by atoms with Crippen LogP contribution in [0.2, 0.25) is 0 Å². The van der Waals surface area contributed by atoms with E-state index in [4.69, 9.17) is 0 Å². The zero-order valence-electron chi connectivity index (χ0n) is 15.0. The lowest BCUT2D eigenvalue weighted by Gasteiger charge is -2.26. The number of carbonyl (C=O) groups excluding carboxylic acids is 3. The summed E-state index contributed by atoms with van der Waals surface area (Å²) in [6.07, 6.45) is 1.53. The smallest absolute Gasteiger partial charge is 0.325 e. The number of carbonyl (C=O) groups is 3. The molecule has 1 aromatic carbocycles. The first-order valence-corrected chi connectivity index (χ1v) is 10.7. The van der Waals surface area contributed by atoms with E-state index >= 15 is 0 Å². The van der Waals surface area contributed by atoms with Gasteiger partial charge in [-0.1, -0.05) is 24.3 Å². The SMILES string of the molecule is CN(C(=O)CN1C(=O)N[C@@]2(CCc3ccccc32)C1=O)[C@@H]1CCS(=O)(=O)C1. The molecule has 144 valence electrons. The maximum Gasteiger partial charge on any atom is 0.325 e. The molecule has 0 radical (unpaired) electrons. The van der Waals surface area contributed by atoms with Crippen molar-refractivity contribution in [3.05, 3.63) is 35.4 Å². The summed E-state index contributed by atoms with van der Waals surface area (Å²) in [5.74, 6) is -0.882. The number of amides is 4. The van der Waals surface area contributed by atoms with Gasteiger partial charge in [-0.15, -0.1) is 0 Å². The van der Waals surface area contributed by atoms with Gasteiger partial charge in [0.1, 0.15) is 12.1 Å². The fourth-order valence-electron chi connectivity index (χ4n) is 4.26. The molecule has 0 bridgehead atoms. The summed E-state index contributed by atoms with van der Waals surface area (Å²) in [5.41, 5.74) is 0.713. The summed E-state index contributed by atoms with van der Waals surface area (Å²) in [5, 5.41) is 2.78. The third-order valence-corrected chi connectivity index (χ3v) is 7.62. The third-order valence-electron chi connectivity index (χ3n) is 5.87. The zero-order chi connectivity index (χ0) is 19.4. The van der Waals surface area contributed by atoms with E-state index in [1.54, 1.807) is 0 Å². The van der Waals surface area contributed by atoms with Gasteiger partial charge >= 0.3 is 6.03 Å². The van der Waals surface area contributed by atoms with Crippen molar-refractivity contribution in [3.8, 4) is 0 Å². The highest BCUT2D eigenvalue weighted by Gasteiger charge is 2.55. The van der Waals surface area contributed by atoms with Gasteiger partial charge in [0.2, 0.25) is 5.91 Å². The average Bonchev–Trinajstić information content (AvgIpc) is 3.26. The first-order valence-electron chi connectivity index (χ1n) is 8.92. The Morgan fingerprint density at radius 3 is 2.78 bits per heavy atom. The molecule has 1 N–H and O–H groups in total. The molecule has 0 aromatic heterocycles. The van der Waals surface area contributed by atoms with Gasteiger partial charge in [0.15, 0.2) is 9.84 Å². The Labute approximate surface area is 157 Å². The van der Waals surface area contributed by atoms with Crippen molar-refractivity contribution >= 4 is 27.7 Å². The average molecular weight is 391 g/mol. The molecule has 4 amide bonds. The molecule has 1 spiro atoms. The molecule has 2 aliphatic heterocycles. The maximum absolute atomic E-state index is 13.1. The van der Waals surface area contributed by atoms with Gasteiger partial charge in [-0.05, 0) is 30.4 Å². The minimum absolute atomic E-state index is 0.0539. The Bertz CT molecular complexity index is 944. The number of rotatable bonds is 3. The molecule has 27 heavy (non-hydrogen) atoms. The van der Waals surface area contributed by atoms with E-state index in [1.807, 2.05) is 24.3 Å². The number of nitrogens with zero attached hydrogens (tertiary/aromatic N) is 2. The largest absolute Gasteiger partial charge is 0.340 e. The lowest BCUT2D eigenvalue weighted by Crippen LogP contribution is -2.46. The molecule has 8 nitrogen and oxygen atoms in total. The van der Waals surface area contributed by atoms with Crippen LogP contribution in [-0.2, 0) is 31.4 Å². The second-order valence-corrected chi connectivity index (χ2v) is 9.67. The van der Waals surface area contributed by atoms with Crippen LogP contribution in [0, 0.1) is 0 Å². The predicted octanol–water partition coefficient (Wildman–Crippen LogP) is 0.0254. The van der Waals surface area contributed by atoms with Crippen LogP contribution in [0.5, 0.6) is 0 Å². The van der Waals surface area contributed by atoms with Crippen LogP contribution in [0.1, 0.15) is 24.0 Å². The van der Waals surface area contributed by atoms with Gasteiger partial charge in [-0.2, -0.15) is 0 Å². The van der Waals surface area contributed by atoms with Crippen LogP contribution in [0.25, 0.3) is 0 Å². The minimum atomic E-state index is -3.13. The maximum atomic E-state index is 13.1. The Morgan fingerprint density at radius 2 is 2.07 bits per heavy atom.